The highest BCUT2D eigenvalue weighted by Gasteiger charge is 2.43. The number of allylic oxidation sites excluding steroid dienone is 1. The summed E-state index contributed by atoms with van der Waals surface area (Å²) in [6.07, 6.45) is -3.13. The number of urea groups is 1. The monoisotopic (exact) mass is 492 g/mol. The maximum absolute atomic E-state index is 13.8. The van der Waals surface area contributed by atoms with Gasteiger partial charge in [0.25, 0.3) is 0 Å². The predicted octanol–water partition coefficient (Wildman–Crippen LogP) is 5.51. The van der Waals surface area contributed by atoms with Gasteiger partial charge in [-0.3, -0.25) is 9.88 Å². The van der Waals surface area contributed by atoms with Crippen LogP contribution in [0.25, 0.3) is 0 Å². The largest absolute Gasteiger partial charge is 0.478 e. The van der Waals surface area contributed by atoms with Gasteiger partial charge >= 0.3 is 18.2 Å². The van der Waals surface area contributed by atoms with Gasteiger partial charge in [0, 0.05) is 11.9 Å². The summed E-state index contributed by atoms with van der Waals surface area (Å²) in [5.41, 5.74) is -0.0544. The predicted molar refractivity (Wildman–Crippen MR) is 123 cm³/mol. The maximum Gasteiger partial charge on any atom is 0.416 e. The molecule has 1 aliphatic heterocycles. The van der Waals surface area contributed by atoms with Gasteiger partial charge in [0.1, 0.15) is 0 Å². The van der Waals surface area contributed by atoms with Gasteiger partial charge in [0.15, 0.2) is 0 Å². The number of aromatic nitrogens is 1. The van der Waals surface area contributed by atoms with E-state index >= 15 is 0 Å². The minimum absolute atomic E-state index is 0.0153. The zero-order valence-electron chi connectivity index (χ0n) is 18.9. The molecule has 1 unspecified atom stereocenters. The van der Waals surface area contributed by atoms with Crippen LogP contribution in [0.3, 0.4) is 0 Å². The van der Waals surface area contributed by atoms with Crippen LogP contribution in [-0.2, 0) is 17.5 Å². The van der Waals surface area contributed by atoms with Crippen molar-refractivity contribution in [2.45, 2.75) is 25.7 Å². The average Bonchev–Trinajstić information content (AvgIpc) is 2.85. The lowest BCUT2D eigenvalue weighted by Gasteiger charge is -2.42. The van der Waals surface area contributed by atoms with E-state index in [9.17, 15) is 27.9 Å². The van der Waals surface area contributed by atoms with Crippen molar-refractivity contribution < 1.29 is 27.9 Å². The van der Waals surface area contributed by atoms with Crippen molar-refractivity contribution in [3.8, 4) is 6.07 Å². The molecule has 0 spiro atoms. The van der Waals surface area contributed by atoms with Crippen LogP contribution in [0.2, 0.25) is 0 Å². The van der Waals surface area contributed by atoms with Crippen molar-refractivity contribution >= 4 is 17.7 Å². The molecular formula is C26H19F3N4O3. The van der Waals surface area contributed by atoms with E-state index in [0.29, 0.717) is 16.8 Å². The fourth-order valence-corrected chi connectivity index (χ4v) is 4.17. The molecule has 0 aliphatic carbocycles. The Labute approximate surface area is 204 Å². The number of pyridine rings is 1. The molecule has 1 N–H and O–H groups in total. The Morgan fingerprint density at radius 1 is 1.11 bits per heavy atom. The summed E-state index contributed by atoms with van der Waals surface area (Å²) in [6, 6.07) is 15.5. The molecule has 36 heavy (non-hydrogen) atoms. The highest BCUT2D eigenvalue weighted by atomic mass is 19.4. The average molecular weight is 492 g/mol. The Hall–Kier alpha value is -4.65. The molecule has 0 bridgehead atoms. The Morgan fingerprint density at radius 2 is 1.83 bits per heavy atom. The number of carbonyl (C=O) groups excluding carboxylic acids is 1. The summed E-state index contributed by atoms with van der Waals surface area (Å²) in [7, 11) is 0. The summed E-state index contributed by atoms with van der Waals surface area (Å²) in [5, 5.41) is 19.3. The molecule has 1 atom stereocenters. The number of carboxylic acids is 1. The molecule has 0 fully saturated rings. The molecule has 4 rings (SSSR count). The summed E-state index contributed by atoms with van der Waals surface area (Å²) < 4.78 is 40.2. The molecular weight excluding hydrogens is 473 g/mol. The Kier molecular flexibility index (Phi) is 6.49. The van der Waals surface area contributed by atoms with E-state index in [-0.39, 0.29) is 23.5 Å². The van der Waals surface area contributed by atoms with E-state index in [1.54, 1.807) is 30.3 Å². The van der Waals surface area contributed by atoms with Crippen LogP contribution in [-0.4, -0.2) is 27.0 Å². The van der Waals surface area contributed by atoms with Crippen molar-refractivity contribution in [1.29, 1.82) is 5.26 Å². The Bertz CT molecular complexity index is 1380. The van der Waals surface area contributed by atoms with Gasteiger partial charge in [0.05, 0.1) is 46.7 Å². The van der Waals surface area contributed by atoms with E-state index in [1.807, 2.05) is 6.07 Å². The first-order valence-corrected chi connectivity index (χ1v) is 10.7. The van der Waals surface area contributed by atoms with Crippen LogP contribution >= 0.6 is 0 Å². The highest BCUT2D eigenvalue weighted by molar-refractivity contribution is 6.02. The number of halogens is 3. The number of hydrogen-bond acceptors (Lipinski definition) is 4. The molecule has 1 aromatic heterocycles. The van der Waals surface area contributed by atoms with Gasteiger partial charge in [-0.1, -0.05) is 24.3 Å². The van der Waals surface area contributed by atoms with E-state index in [2.05, 4.69) is 4.98 Å². The van der Waals surface area contributed by atoms with Crippen LogP contribution in [0.4, 0.5) is 23.7 Å². The van der Waals surface area contributed by atoms with Crippen LogP contribution in [0.5, 0.6) is 0 Å². The standard InChI is InChI=1S/C26H19F3N4O3/c1-16-22(24(34)35)23(18-10-8-17(14-30)9-11-18)32(15-20-6-2-3-12-31-20)25(36)33(16)21-7-4-5-19(13-21)26(27,28)29/h2-13,23H,15H2,1H3,(H,34,35). The molecule has 7 nitrogen and oxygen atoms in total. The molecule has 3 aromatic rings. The van der Waals surface area contributed by atoms with E-state index in [0.717, 1.165) is 23.1 Å². The lowest BCUT2D eigenvalue weighted by molar-refractivity contribution is -0.137. The molecule has 0 saturated carbocycles. The molecule has 1 aliphatic rings. The van der Waals surface area contributed by atoms with Crippen LogP contribution in [0, 0.1) is 11.3 Å². The van der Waals surface area contributed by atoms with Gasteiger partial charge in [-0.05, 0) is 55.0 Å². The third-order valence-corrected chi connectivity index (χ3v) is 5.82. The maximum atomic E-state index is 13.8. The van der Waals surface area contributed by atoms with Crippen LogP contribution in [0.15, 0.2) is 84.2 Å². The summed E-state index contributed by atoms with van der Waals surface area (Å²) in [4.78, 5) is 32.8. The van der Waals surface area contributed by atoms with E-state index in [4.69, 9.17) is 5.26 Å². The van der Waals surface area contributed by atoms with Crippen molar-refractivity contribution in [3.63, 3.8) is 0 Å². The molecule has 2 heterocycles. The lowest BCUT2D eigenvalue weighted by atomic mass is 9.92. The number of nitrogens with zero attached hydrogens (tertiary/aromatic N) is 4. The second-order valence-corrected chi connectivity index (χ2v) is 8.06. The first kappa shape index (κ1) is 24.5. The third kappa shape index (κ3) is 4.63. The minimum Gasteiger partial charge on any atom is -0.478 e. The smallest absolute Gasteiger partial charge is 0.416 e. The summed E-state index contributed by atoms with van der Waals surface area (Å²) in [6.45, 7) is 1.28. The number of hydrogen-bond donors (Lipinski definition) is 1. The van der Waals surface area contributed by atoms with Crippen molar-refractivity contribution in [1.82, 2.24) is 9.88 Å². The highest BCUT2D eigenvalue weighted by Crippen LogP contribution is 2.41. The Morgan fingerprint density at radius 3 is 2.42 bits per heavy atom. The number of anilines is 1. The summed E-state index contributed by atoms with van der Waals surface area (Å²) >= 11 is 0. The Balaban J connectivity index is 1.92. The second-order valence-electron chi connectivity index (χ2n) is 8.06. The lowest BCUT2D eigenvalue weighted by Crippen LogP contribution is -2.50. The minimum atomic E-state index is -4.65. The van der Waals surface area contributed by atoms with E-state index in [1.165, 1.54) is 36.2 Å². The topological polar surface area (TPSA) is 97.5 Å². The first-order valence-electron chi connectivity index (χ1n) is 10.7. The number of carbonyl (C=O) groups is 2. The van der Waals surface area contributed by atoms with Crippen LogP contribution in [0.1, 0.15) is 35.3 Å². The number of alkyl halides is 3. The number of nitriles is 1. The SMILES string of the molecule is CC1=C(C(=O)O)C(c2ccc(C#N)cc2)N(Cc2ccccn2)C(=O)N1c1cccc(C(F)(F)F)c1. The zero-order chi connectivity index (χ0) is 26.0. The quantitative estimate of drug-likeness (QED) is 0.506. The molecule has 2 amide bonds. The molecule has 2 aromatic carbocycles. The fraction of sp³-hybridized carbons (Fsp3) is 0.154. The van der Waals surface area contributed by atoms with Crippen molar-refractivity contribution in [2.75, 3.05) is 4.90 Å². The number of rotatable bonds is 5. The number of benzene rings is 2. The molecule has 10 heteroatoms. The number of aliphatic carboxylic acids is 1. The molecule has 0 saturated heterocycles. The third-order valence-electron chi connectivity index (χ3n) is 5.82. The van der Waals surface area contributed by atoms with E-state index < -0.39 is 29.8 Å². The normalized spacial score (nSPS) is 16.2. The summed E-state index contributed by atoms with van der Waals surface area (Å²) in [5.74, 6) is -1.34. The van der Waals surface area contributed by atoms with Crippen molar-refractivity contribution in [2.24, 2.45) is 0 Å². The second kappa shape index (κ2) is 9.54. The number of carboxylic acid groups (broad SMARTS) is 1. The van der Waals surface area contributed by atoms with Gasteiger partial charge < -0.3 is 10.0 Å². The van der Waals surface area contributed by atoms with Gasteiger partial charge in [-0.25, -0.2) is 9.59 Å². The zero-order valence-corrected chi connectivity index (χ0v) is 18.9. The van der Waals surface area contributed by atoms with Gasteiger partial charge in [-0.15, -0.1) is 0 Å². The fourth-order valence-electron chi connectivity index (χ4n) is 4.17. The van der Waals surface area contributed by atoms with Crippen LogP contribution < -0.4 is 4.90 Å². The number of amides is 2. The molecule has 0 radical (unpaired) electrons. The van der Waals surface area contributed by atoms with Gasteiger partial charge in [-0.2, -0.15) is 18.4 Å². The molecule has 182 valence electrons. The first-order chi connectivity index (χ1) is 17.1. The van der Waals surface area contributed by atoms with Gasteiger partial charge in [0.2, 0.25) is 0 Å². The van der Waals surface area contributed by atoms with Crippen molar-refractivity contribution in [3.05, 3.63) is 107 Å².